The maximum atomic E-state index is 12.7. The maximum Gasteiger partial charge on any atom is 0.269 e. The summed E-state index contributed by atoms with van der Waals surface area (Å²) in [4.78, 5) is 27.5. The Bertz CT molecular complexity index is 858. The van der Waals surface area contributed by atoms with E-state index in [0.29, 0.717) is 0 Å². The highest BCUT2D eigenvalue weighted by atomic mass is 16.6. The zero-order valence-electron chi connectivity index (χ0n) is 16.5. The van der Waals surface area contributed by atoms with E-state index in [2.05, 4.69) is 15.1 Å². The molecule has 2 aromatic carbocycles. The minimum absolute atomic E-state index is 0.00233. The quantitative estimate of drug-likeness (QED) is 0.634. The van der Waals surface area contributed by atoms with Gasteiger partial charge in [0.25, 0.3) is 5.69 Å². The van der Waals surface area contributed by atoms with Gasteiger partial charge in [0, 0.05) is 49.7 Å². The lowest BCUT2D eigenvalue weighted by Crippen LogP contribution is -2.52. The number of benzene rings is 2. The van der Waals surface area contributed by atoms with Crippen molar-refractivity contribution in [1.29, 1.82) is 0 Å². The van der Waals surface area contributed by atoms with Crippen LogP contribution >= 0.6 is 0 Å². The van der Waals surface area contributed by atoms with Crippen LogP contribution < -0.4 is 10.2 Å². The van der Waals surface area contributed by atoms with Crippen LogP contribution in [-0.4, -0.2) is 48.0 Å². The van der Waals surface area contributed by atoms with Crippen LogP contribution in [0.1, 0.15) is 18.1 Å². The number of rotatable bonds is 5. The molecule has 0 bridgehead atoms. The number of amides is 1. The Morgan fingerprint density at radius 3 is 2.32 bits per heavy atom. The summed E-state index contributed by atoms with van der Waals surface area (Å²) in [5, 5.41) is 13.8. The lowest BCUT2D eigenvalue weighted by Gasteiger charge is -2.38. The first kappa shape index (κ1) is 19.8. The number of carbonyl (C=O) groups is 1. The van der Waals surface area contributed by atoms with Gasteiger partial charge in [-0.2, -0.15) is 0 Å². The summed E-state index contributed by atoms with van der Waals surface area (Å²) in [6, 6.07) is 12.4. The molecule has 1 unspecified atom stereocenters. The lowest BCUT2D eigenvalue weighted by molar-refractivity contribution is -0.384. The number of carbonyl (C=O) groups excluding carboxylic acids is 1. The van der Waals surface area contributed by atoms with Gasteiger partial charge in [0.2, 0.25) is 5.91 Å². The van der Waals surface area contributed by atoms with E-state index in [4.69, 9.17) is 0 Å². The van der Waals surface area contributed by atoms with Gasteiger partial charge in [-0.1, -0.05) is 12.1 Å². The predicted molar refractivity (Wildman–Crippen MR) is 111 cm³/mol. The molecule has 1 saturated heterocycles. The molecule has 1 aliphatic rings. The molecule has 2 aromatic rings. The van der Waals surface area contributed by atoms with Crippen molar-refractivity contribution in [3.05, 3.63) is 63.7 Å². The number of nitro benzene ring substituents is 1. The first-order chi connectivity index (χ1) is 13.3. The molecule has 7 heteroatoms. The van der Waals surface area contributed by atoms with Crippen LogP contribution in [0.4, 0.5) is 17.1 Å². The van der Waals surface area contributed by atoms with Crippen molar-refractivity contribution in [1.82, 2.24) is 4.90 Å². The molecular formula is C21H26N4O3. The molecule has 7 nitrogen and oxygen atoms in total. The molecular weight excluding hydrogens is 356 g/mol. The fourth-order valence-corrected chi connectivity index (χ4v) is 3.43. The minimum atomic E-state index is -0.391. The van der Waals surface area contributed by atoms with E-state index in [1.54, 1.807) is 12.1 Å². The van der Waals surface area contributed by atoms with Crippen LogP contribution in [-0.2, 0) is 4.79 Å². The second-order valence-corrected chi connectivity index (χ2v) is 7.28. The highest BCUT2D eigenvalue weighted by Gasteiger charge is 2.26. The van der Waals surface area contributed by atoms with Crippen molar-refractivity contribution in [2.24, 2.45) is 0 Å². The Kier molecular flexibility index (Phi) is 5.94. The number of non-ortho nitro benzene ring substituents is 1. The normalized spacial score (nSPS) is 15.9. The first-order valence-electron chi connectivity index (χ1n) is 9.47. The standard InChI is InChI=1S/C21H26N4O3/c1-15-4-5-16(2)20(14-15)22-21(26)17(3)23-10-12-24(13-11-23)18-6-8-19(9-7-18)25(27)28/h4-9,14,17H,10-13H2,1-3H3,(H,22,26). The van der Waals surface area contributed by atoms with Gasteiger partial charge in [-0.05, 0) is 50.1 Å². The fraction of sp³-hybridized carbons (Fsp3) is 0.381. The summed E-state index contributed by atoms with van der Waals surface area (Å²) in [7, 11) is 0. The van der Waals surface area contributed by atoms with Crippen LogP contribution in [0.2, 0.25) is 0 Å². The van der Waals surface area contributed by atoms with Crippen LogP contribution in [0, 0.1) is 24.0 Å². The molecule has 0 saturated carbocycles. The van der Waals surface area contributed by atoms with Crippen molar-refractivity contribution in [2.45, 2.75) is 26.8 Å². The van der Waals surface area contributed by atoms with E-state index in [1.807, 2.05) is 39.0 Å². The van der Waals surface area contributed by atoms with Crippen molar-refractivity contribution in [2.75, 3.05) is 36.4 Å². The molecule has 0 aliphatic carbocycles. The van der Waals surface area contributed by atoms with Crippen LogP contribution in [0.3, 0.4) is 0 Å². The van der Waals surface area contributed by atoms with E-state index >= 15 is 0 Å². The highest BCUT2D eigenvalue weighted by Crippen LogP contribution is 2.22. The number of anilines is 2. The average molecular weight is 382 g/mol. The number of nitro groups is 1. The predicted octanol–water partition coefficient (Wildman–Crippen LogP) is 3.36. The zero-order chi connectivity index (χ0) is 20.3. The number of hydrogen-bond donors (Lipinski definition) is 1. The summed E-state index contributed by atoms with van der Waals surface area (Å²) in [6.45, 7) is 9.01. The zero-order valence-corrected chi connectivity index (χ0v) is 16.5. The summed E-state index contributed by atoms with van der Waals surface area (Å²) in [5.41, 5.74) is 4.10. The largest absolute Gasteiger partial charge is 0.369 e. The first-order valence-corrected chi connectivity index (χ1v) is 9.47. The molecule has 1 N–H and O–H groups in total. The number of piperazine rings is 1. The molecule has 1 atom stereocenters. The minimum Gasteiger partial charge on any atom is -0.369 e. The Labute approximate surface area is 165 Å². The van der Waals surface area contributed by atoms with E-state index in [0.717, 1.165) is 48.7 Å². The molecule has 148 valence electrons. The smallest absolute Gasteiger partial charge is 0.269 e. The van der Waals surface area contributed by atoms with E-state index in [1.165, 1.54) is 12.1 Å². The average Bonchev–Trinajstić information content (AvgIpc) is 2.70. The van der Waals surface area contributed by atoms with Crippen LogP contribution in [0.15, 0.2) is 42.5 Å². The topological polar surface area (TPSA) is 78.7 Å². The van der Waals surface area contributed by atoms with Crippen molar-refractivity contribution in [3.63, 3.8) is 0 Å². The highest BCUT2D eigenvalue weighted by molar-refractivity contribution is 5.95. The van der Waals surface area contributed by atoms with Gasteiger partial charge >= 0.3 is 0 Å². The Balaban J connectivity index is 1.57. The molecule has 1 amide bonds. The SMILES string of the molecule is Cc1ccc(C)c(NC(=O)C(C)N2CCN(c3ccc([N+](=O)[O-])cc3)CC2)c1. The Morgan fingerprint density at radius 1 is 1.07 bits per heavy atom. The Morgan fingerprint density at radius 2 is 1.71 bits per heavy atom. The molecule has 1 fully saturated rings. The molecule has 1 aliphatic heterocycles. The van der Waals surface area contributed by atoms with Gasteiger partial charge in [0.05, 0.1) is 11.0 Å². The number of hydrogen-bond acceptors (Lipinski definition) is 5. The molecule has 0 aromatic heterocycles. The van der Waals surface area contributed by atoms with E-state index in [-0.39, 0.29) is 17.6 Å². The second kappa shape index (κ2) is 8.39. The molecule has 0 spiro atoms. The molecule has 0 radical (unpaired) electrons. The van der Waals surface area contributed by atoms with Gasteiger partial charge in [-0.15, -0.1) is 0 Å². The van der Waals surface area contributed by atoms with Crippen molar-refractivity contribution < 1.29 is 9.72 Å². The summed E-state index contributed by atoms with van der Waals surface area (Å²) < 4.78 is 0. The van der Waals surface area contributed by atoms with Crippen molar-refractivity contribution in [3.8, 4) is 0 Å². The number of nitrogens with zero attached hydrogens (tertiary/aromatic N) is 3. The van der Waals surface area contributed by atoms with E-state index in [9.17, 15) is 14.9 Å². The molecule has 1 heterocycles. The summed E-state index contributed by atoms with van der Waals surface area (Å²) in [6.07, 6.45) is 0. The van der Waals surface area contributed by atoms with Gasteiger partial charge in [-0.25, -0.2) is 0 Å². The third-order valence-electron chi connectivity index (χ3n) is 5.32. The molecule has 28 heavy (non-hydrogen) atoms. The van der Waals surface area contributed by atoms with Crippen LogP contribution in [0.5, 0.6) is 0 Å². The Hall–Kier alpha value is -2.93. The fourth-order valence-electron chi connectivity index (χ4n) is 3.43. The summed E-state index contributed by atoms with van der Waals surface area (Å²) >= 11 is 0. The molecule has 3 rings (SSSR count). The third kappa shape index (κ3) is 4.48. The second-order valence-electron chi connectivity index (χ2n) is 7.28. The van der Waals surface area contributed by atoms with Gasteiger partial charge in [0.1, 0.15) is 0 Å². The third-order valence-corrected chi connectivity index (χ3v) is 5.32. The van der Waals surface area contributed by atoms with Gasteiger partial charge in [0.15, 0.2) is 0 Å². The monoisotopic (exact) mass is 382 g/mol. The number of nitrogens with one attached hydrogen (secondary N) is 1. The maximum absolute atomic E-state index is 12.7. The van der Waals surface area contributed by atoms with Gasteiger partial charge < -0.3 is 10.2 Å². The summed E-state index contributed by atoms with van der Waals surface area (Å²) in [5.74, 6) is -0.00233. The van der Waals surface area contributed by atoms with Crippen LogP contribution in [0.25, 0.3) is 0 Å². The van der Waals surface area contributed by atoms with E-state index < -0.39 is 4.92 Å². The lowest BCUT2D eigenvalue weighted by atomic mass is 10.1. The van der Waals surface area contributed by atoms with Crippen molar-refractivity contribution >= 4 is 23.0 Å². The van der Waals surface area contributed by atoms with Gasteiger partial charge in [-0.3, -0.25) is 19.8 Å². The number of aryl methyl sites for hydroxylation is 2.